The van der Waals surface area contributed by atoms with Crippen molar-refractivity contribution in [1.29, 1.82) is 0 Å². The minimum absolute atomic E-state index is 0.220. The van der Waals surface area contributed by atoms with E-state index in [2.05, 4.69) is 0 Å². The summed E-state index contributed by atoms with van der Waals surface area (Å²) in [6, 6.07) is 0. The van der Waals surface area contributed by atoms with Crippen molar-refractivity contribution in [2.45, 2.75) is 26.7 Å². The summed E-state index contributed by atoms with van der Waals surface area (Å²) in [5.74, 6) is -0.741. The summed E-state index contributed by atoms with van der Waals surface area (Å²) in [6.45, 7) is 5.75. The highest BCUT2D eigenvalue weighted by molar-refractivity contribution is 6.34. The van der Waals surface area contributed by atoms with E-state index in [1.807, 2.05) is 25.5 Å². The molecule has 4 heteroatoms. The van der Waals surface area contributed by atoms with Crippen LogP contribution in [-0.2, 0) is 7.05 Å². The van der Waals surface area contributed by atoms with Crippen molar-refractivity contribution < 1.29 is 9.90 Å². The molecule has 78 valence electrons. The lowest BCUT2D eigenvalue weighted by Crippen LogP contribution is -2.01. The van der Waals surface area contributed by atoms with E-state index in [0.29, 0.717) is 10.7 Å². The number of carbonyl (C=O) groups is 1. The third kappa shape index (κ3) is 1.52. The quantitative estimate of drug-likeness (QED) is 0.825. The molecule has 0 fully saturated rings. The summed E-state index contributed by atoms with van der Waals surface area (Å²) in [7, 11) is 1.84. The van der Waals surface area contributed by atoms with E-state index in [9.17, 15) is 4.79 Å². The molecule has 1 heterocycles. The number of rotatable bonds is 2. The number of hydrogen-bond donors (Lipinski definition) is 1. The van der Waals surface area contributed by atoms with Gasteiger partial charge in [-0.3, -0.25) is 0 Å². The average Bonchev–Trinajstić information content (AvgIpc) is 2.23. The minimum atomic E-state index is -0.963. The topological polar surface area (TPSA) is 42.2 Å². The molecule has 0 aliphatic heterocycles. The number of aromatic carboxylic acids is 1. The lowest BCUT2D eigenvalue weighted by molar-refractivity contribution is 0.0696. The van der Waals surface area contributed by atoms with Gasteiger partial charge in [-0.05, 0) is 12.8 Å². The number of carboxylic acids is 1. The molecule has 0 saturated carbocycles. The second-order valence-electron chi connectivity index (χ2n) is 3.68. The molecule has 1 aromatic rings. The Morgan fingerprint density at radius 1 is 1.50 bits per heavy atom. The fourth-order valence-corrected chi connectivity index (χ4v) is 2.23. The second-order valence-corrected chi connectivity index (χ2v) is 4.06. The first-order valence-electron chi connectivity index (χ1n) is 4.45. The molecule has 3 nitrogen and oxygen atoms in total. The normalized spacial score (nSPS) is 11.0. The molecule has 0 amide bonds. The van der Waals surface area contributed by atoms with E-state index in [1.165, 1.54) is 0 Å². The number of carboxylic acid groups (broad SMARTS) is 1. The van der Waals surface area contributed by atoms with Gasteiger partial charge < -0.3 is 9.67 Å². The Morgan fingerprint density at radius 2 is 2.00 bits per heavy atom. The zero-order valence-corrected chi connectivity index (χ0v) is 9.51. The highest BCUT2D eigenvalue weighted by atomic mass is 35.5. The second kappa shape index (κ2) is 3.65. The van der Waals surface area contributed by atoms with Gasteiger partial charge in [0, 0.05) is 18.4 Å². The standard InChI is InChI=1S/C10H14ClNO2/c1-5(2)9-8(11)7(10(13)14)6(3)12(9)4/h5H,1-4H3,(H,13,14). The van der Waals surface area contributed by atoms with Gasteiger partial charge in [0.15, 0.2) is 0 Å². The Hall–Kier alpha value is -0.960. The van der Waals surface area contributed by atoms with Crippen LogP contribution in [0.1, 0.15) is 41.5 Å². The fourth-order valence-electron chi connectivity index (χ4n) is 1.67. The van der Waals surface area contributed by atoms with Gasteiger partial charge in [0.25, 0.3) is 0 Å². The molecule has 0 aliphatic rings. The van der Waals surface area contributed by atoms with Crippen molar-refractivity contribution in [3.8, 4) is 0 Å². The molecular formula is C10H14ClNO2. The fraction of sp³-hybridized carbons (Fsp3) is 0.500. The third-order valence-corrected chi connectivity index (χ3v) is 2.81. The van der Waals surface area contributed by atoms with Crippen molar-refractivity contribution in [3.63, 3.8) is 0 Å². The van der Waals surface area contributed by atoms with E-state index >= 15 is 0 Å². The molecule has 1 N–H and O–H groups in total. The van der Waals surface area contributed by atoms with Crippen molar-refractivity contribution in [2.75, 3.05) is 0 Å². The van der Waals surface area contributed by atoms with Crippen molar-refractivity contribution in [2.24, 2.45) is 7.05 Å². The lowest BCUT2D eigenvalue weighted by Gasteiger charge is -2.08. The van der Waals surface area contributed by atoms with Crippen molar-refractivity contribution in [1.82, 2.24) is 4.57 Å². The highest BCUT2D eigenvalue weighted by Gasteiger charge is 2.23. The molecule has 0 atom stereocenters. The zero-order valence-electron chi connectivity index (χ0n) is 8.76. The van der Waals surface area contributed by atoms with Crippen LogP contribution in [-0.4, -0.2) is 15.6 Å². The number of halogens is 1. The van der Waals surface area contributed by atoms with Gasteiger partial charge in [0.2, 0.25) is 0 Å². The van der Waals surface area contributed by atoms with Crippen LogP contribution in [0.4, 0.5) is 0 Å². The van der Waals surface area contributed by atoms with Crippen molar-refractivity contribution in [3.05, 3.63) is 22.0 Å². The van der Waals surface area contributed by atoms with Gasteiger partial charge in [0.1, 0.15) is 0 Å². The van der Waals surface area contributed by atoms with Gasteiger partial charge in [-0.15, -0.1) is 0 Å². The predicted octanol–water partition coefficient (Wildman–Crippen LogP) is 2.81. The Balaban J connectivity index is 3.49. The average molecular weight is 216 g/mol. The zero-order chi connectivity index (χ0) is 11.0. The minimum Gasteiger partial charge on any atom is -0.478 e. The maximum absolute atomic E-state index is 10.9. The van der Waals surface area contributed by atoms with Crippen LogP contribution in [0, 0.1) is 6.92 Å². The van der Waals surface area contributed by atoms with Crippen molar-refractivity contribution >= 4 is 17.6 Å². The summed E-state index contributed by atoms with van der Waals surface area (Å²) in [5, 5.41) is 9.34. The molecule has 0 saturated heterocycles. The SMILES string of the molecule is Cc1c(C(=O)O)c(Cl)c(C(C)C)n1C. The molecule has 0 radical (unpaired) electrons. The monoisotopic (exact) mass is 215 g/mol. The molecule has 1 aromatic heterocycles. The highest BCUT2D eigenvalue weighted by Crippen LogP contribution is 2.31. The molecule has 0 spiro atoms. The van der Waals surface area contributed by atoms with E-state index in [0.717, 1.165) is 5.69 Å². The van der Waals surface area contributed by atoms with E-state index < -0.39 is 5.97 Å². The number of hydrogen-bond acceptors (Lipinski definition) is 1. The predicted molar refractivity (Wildman–Crippen MR) is 56.2 cm³/mol. The Bertz CT molecular complexity index is 380. The van der Waals surface area contributed by atoms with Crippen LogP contribution in [0.5, 0.6) is 0 Å². The van der Waals surface area contributed by atoms with Gasteiger partial charge >= 0.3 is 5.97 Å². The third-order valence-electron chi connectivity index (χ3n) is 2.43. The molecule has 0 aliphatic carbocycles. The first kappa shape index (κ1) is 11.1. The largest absolute Gasteiger partial charge is 0.478 e. The molecule has 0 unspecified atom stereocenters. The molecule has 14 heavy (non-hydrogen) atoms. The lowest BCUT2D eigenvalue weighted by atomic mass is 10.1. The molecule has 1 rings (SSSR count). The Labute approximate surface area is 88.3 Å². The van der Waals surface area contributed by atoms with Crippen LogP contribution in [0.25, 0.3) is 0 Å². The van der Waals surface area contributed by atoms with E-state index in [-0.39, 0.29) is 11.5 Å². The summed E-state index contributed by atoms with van der Waals surface area (Å²) in [4.78, 5) is 10.9. The molecule has 0 aromatic carbocycles. The maximum Gasteiger partial charge on any atom is 0.339 e. The van der Waals surface area contributed by atoms with Gasteiger partial charge in [-0.2, -0.15) is 0 Å². The Kier molecular flexibility index (Phi) is 2.90. The van der Waals surface area contributed by atoms with Gasteiger partial charge in [-0.1, -0.05) is 25.4 Å². The molecule has 0 bridgehead atoms. The number of nitrogens with zero attached hydrogens (tertiary/aromatic N) is 1. The first-order chi connectivity index (χ1) is 6.37. The van der Waals surface area contributed by atoms with E-state index in [1.54, 1.807) is 6.92 Å². The van der Waals surface area contributed by atoms with Crippen LogP contribution in [0.3, 0.4) is 0 Å². The van der Waals surface area contributed by atoms with Gasteiger partial charge in [0.05, 0.1) is 10.6 Å². The van der Waals surface area contributed by atoms with Crippen LogP contribution in [0.2, 0.25) is 5.02 Å². The molecular weight excluding hydrogens is 202 g/mol. The summed E-state index contributed by atoms with van der Waals surface area (Å²) >= 11 is 6.02. The van der Waals surface area contributed by atoms with Crippen LogP contribution < -0.4 is 0 Å². The smallest absolute Gasteiger partial charge is 0.339 e. The first-order valence-corrected chi connectivity index (χ1v) is 4.83. The van der Waals surface area contributed by atoms with Gasteiger partial charge in [-0.25, -0.2) is 4.79 Å². The van der Waals surface area contributed by atoms with Crippen LogP contribution in [0.15, 0.2) is 0 Å². The maximum atomic E-state index is 10.9. The summed E-state index contributed by atoms with van der Waals surface area (Å²) < 4.78 is 1.84. The number of aromatic nitrogens is 1. The Morgan fingerprint density at radius 3 is 2.21 bits per heavy atom. The summed E-state index contributed by atoms with van der Waals surface area (Å²) in [5.41, 5.74) is 1.80. The summed E-state index contributed by atoms with van der Waals surface area (Å²) in [6.07, 6.45) is 0. The van der Waals surface area contributed by atoms with Crippen LogP contribution >= 0.6 is 11.6 Å². The van der Waals surface area contributed by atoms with E-state index in [4.69, 9.17) is 16.7 Å².